The summed E-state index contributed by atoms with van der Waals surface area (Å²) in [6, 6.07) is 14.6. The fraction of sp³-hybridized carbons (Fsp3) is 0.444. The summed E-state index contributed by atoms with van der Waals surface area (Å²) in [6.45, 7) is 4.09. The summed E-state index contributed by atoms with van der Waals surface area (Å²) in [4.78, 5) is 40.3. The van der Waals surface area contributed by atoms with Crippen LogP contribution in [0.2, 0.25) is 0 Å². The fourth-order valence-corrected chi connectivity index (χ4v) is 4.45. The summed E-state index contributed by atoms with van der Waals surface area (Å²) in [7, 11) is 4.77. The Morgan fingerprint density at radius 1 is 1.00 bits per heavy atom. The molecule has 0 heterocycles. The Kier molecular flexibility index (Phi) is 12.2. The Labute approximate surface area is 223 Å². The molecule has 0 aliphatic carbocycles. The second kappa shape index (κ2) is 15.1. The minimum absolute atomic E-state index is 0.00927. The summed E-state index contributed by atoms with van der Waals surface area (Å²) < 4.78 is 10.5. The first kappa shape index (κ1) is 30.0. The fourth-order valence-electron chi connectivity index (χ4n) is 3.68. The molecule has 2 aromatic carbocycles. The van der Waals surface area contributed by atoms with Gasteiger partial charge in [0.1, 0.15) is 0 Å². The summed E-state index contributed by atoms with van der Waals surface area (Å²) in [5, 5.41) is 13.7. The van der Waals surface area contributed by atoms with E-state index in [2.05, 4.69) is 5.32 Å². The van der Waals surface area contributed by atoms with Crippen LogP contribution in [0.4, 0.5) is 5.69 Å². The molecule has 0 unspecified atom stereocenters. The van der Waals surface area contributed by atoms with E-state index in [9.17, 15) is 19.6 Å². The molecular weight excluding hydrogens is 494 g/mol. The van der Waals surface area contributed by atoms with Crippen molar-refractivity contribution in [2.75, 3.05) is 38.6 Å². The molecule has 2 aromatic rings. The molecule has 0 aliphatic rings. The minimum Gasteiger partial charge on any atom is -0.493 e. The van der Waals surface area contributed by atoms with Crippen LogP contribution >= 0.6 is 11.8 Å². The zero-order valence-electron chi connectivity index (χ0n) is 22.1. The second-order valence-corrected chi connectivity index (χ2v) is 9.96. The lowest BCUT2D eigenvalue weighted by molar-refractivity contribution is -0.163. The molecule has 37 heavy (non-hydrogen) atoms. The summed E-state index contributed by atoms with van der Waals surface area (Å²) >= 11 is 1.25. The number of anilines is 1. The molecule has 9 nitrogen and oxygen atoms in total. The molecule has 0 saturated carbocycles. The number of hydrogen-bond acceptors (Lipinski definition) is 7. The van der Waals surface area contributed by atoms with Gasteiger partial charge in [-0.2, -0.15) is 0 Å². The number of ether oxygens (including phenoxy) is 2. The number of para-hydroxylation sites is 1. The molecule has 3 amide bonds. The van der Waals surface area contributed by atoms with E-state index in [1.54, 1.807) is 37.3 Å². The molecular formula is C27H37N3O6S. The van der Waals surface area contributed by atoms with E-state index < -0.39 is 11.8 Å². The van der Waals surface area contributed by atoms with Crippen LogP contribution in [0.25, 0.3) is 0 Å². The van der Waals surface area contributed by atoms with Crippen LogP contribution in [0.3, 0.4) is 0 Å². The summed E-state index contributed by atoms with van der Waals surface area (Å²) in [5.74, 6) is -0.309. The number of methoxy groups -OCH3 is 2. The van der Waals surface area contributed by atoms with Crippen molar-refractivity contribution in [2.45, 2.75) is 38.0 Å². The number of carbonyl (C=O) groups excluding carboxylic acids is 3. The molecule has 1 atom stereocenters. The van der Waals surface area contributed by atoms with Gasteiger partial charge in [-0.15, -0.1) is 11.8 Å². The monoisotopic (exact) mass is 531 g/mol. The van der Waals surface area contributed by atoms with Crippen LogP contribution in [-0.2, 0) is 14.4 Å². The Morgan fingerprint density at radius 2 is 1.68 bits per heavy atom. The predicted molar refractivity (Wildman–Crippen MR) is 144 cm³/mol. The van der Waals surface area contributed by atoms with E-state index in [0.29, 0.717) is 23.0 Å². The number of hydroxylamine groups is 2. The molecule has 0 fully saturated rings. The molecule has 2 N–H and O–H groups in total. The highest BCUT2D eigenvalue weighted by atomic mass is 32.2. The number of nitrogens with zero attached hydrogens (tertiary/aromatic N) is 2. The van der Waals surface area contributed by atoms with Crippen LogP contribution in [0.1, 0.15) is 33.1 Å². The predicted octanol–water partition coefficient (Wildman–Crippen LogP) is 4.19. The number of amides is 3. The topological polar surface area (TPSA) is 108 Å². The van der Waals surface area contributed by atoms with E-state index in [0.717, 1.165) is 10.6 Å². The van der Waals surface area contributed by atoms with E-state index in [-0.39, 0.29) is 43.0 Å². The molecule has 10 heteroatoms. The van der Waals surface area contributed by atoms with Crippen molar-refractivity contribution >= 4 is 35.2 Å². The van der Waals surface area contributed by atoms with Crippen LogP contribution in [-0.4, -0.2) is 61.7 Å². The number of nitrogens with one attached hydrogen (secondary N) is 1. The third-order valence-corrected chi connectivity index (χ3v) is 6.66. The van der Waals surface area contributed by atoms with Gasteiger partial charge in [-0.05, 0) is 42.7 Å². The van der Waals surface area contributed by atoms with Gasteiger partial charge >= 0.3 is 0 Å². The normalized spacial score (nSPS) is 11.5. The number of carbonyl (C=O) groups is 3. The molecule has 2 rings (SSSR count). The Morgan fingerprint density at radius 3 is 2.30 bits per heavy atom. The maximum Gasteiger partial charge on any atom is 0.247 e. The third kappa shape index (κ3) is 9.62. The van der Waals surface area contributed by atoms with Gasteiger partial charge in [-0.3, -0.25) is 19.6 Å². The molecule has 0 aromatic heterocycles. The van der Waals surface area contributed by atoms with Gasteiger partial charge < -0.3 is 19.7 Å². The Balaban J connectivity index is 1.88. The first-order chi connectivity index (χ1) is 17.7. The van der Waals surface area contributed by atoms with Gasteiger partial charge in [0.2, 0.25) is 17.7 Å². The Bertz CT molecular complexity index is 1030. The van der Waals surface area contributed by atoms with Gasteiger partial charge in [0.25, 0.3) is 0 Å². The summed E-state index contributed by atoms with van der Waals surface area (Å²) in [6.07, 6.45) is 0.477. The zero-order valence-corrected chi connectivity index (χ0v) is 22.9. The third-order valence-electron chi connectivity index (χ3n) is 5.70. The number of hydrogen-bond donors (Lipinski definition) is 2. The van der Waals surface area contributed by atoms with Crippen molar-refractivity contribution < 1.29 is 29.1 Å². The van der Waals surface area contributed by atoms with Gasteiger partial charge in [-0.25, -0.2) is 5.06 Å². The Hall–Kier alpha value is -3.24. The highest BCUT2D eigenvalue weighted by molar-refractivity contribution is 7.99. The van der Waals surface area contributed by atoms with Crippen LogP contribution in [0.5, 0.6) is 11.5 Å². The van der Waals surface area contributed by atoms with Crippen LogP contribution in [0.15, 0.2) is 53.4 Å². The van der Waals surface area contributed by atoms with E-state index in [1.807, 2.05) is 44.2 Å². The van der Waals surface area contributed by atoms with Gasteiger partial charge in [0.15, 0.2) is 11.5 Å². The number of benzene rings is 2. The quantitative estimate of drug-likeness (QED) is 0.163. The number of thioether (sulfide) groups is 1. The minimum atomic E-state index is -0.616. The van der Waals surface area contributed by atoms with Gasteiger partial charge in [-0.1, -0.05) is 32.0 Å². The van der Waals surface area contributed by atoms with Gasteiger partial charge in [0.05, 0.1) is 20.1 Å². The lowest BCUT2D eigenvalue weighted by Crippen LogP contribution is -2.38. The first-order valence-electron chi connectivity index (χ1n) is 12.1. The highest BCUT2D eigenvalue weighted by Gasteiger charge is 2.25. The standard InChI is InChI=1S/C27H37N3O6S/c1-19(2)15-20(27(33)28-14-13-25(31)29(3)21-9-7-6-8-10-21)16-26(32)30(34)18-37-22-11-12-23(35-4)24(17-22)36-5/h6-12,17,19-20,34H,13-16,18H2,1-5H3,(H,28,33)/t20-/m1/s1. The smallest absolute Gasteiger partial charge is 0.247 e. The average Bonchev–Trinajstić information content (AvgIpc) is 2.90. The maximum absolute atomic E-state index is 12.8. The lowest BCUT2D eigenvalue weighted by Gasteiger charge is -2.22. The lowest BCUT2D eigenvalue weighted by atomic mass is 9.93. The van der Waals surface area contributed by atoms with Crippen molar-refractivity contribution in [3.05, 3.63) is 48.5 Å². The largest absolute Gasteiger partial charge is 0.493 e. The number of rotatable bonds is 14. The summed E-state index contributed by atoms with van der Waals surface area (Å²) in [5.41, 5.74) is 0.774. The average molecular weight is 532 g/mol. The molecule has 0 saturated heterocycles. The van der Waals surface area contributed by atoms with E-state index >= 15 is 0 Å². The first-order valence-corrected chi connectivity index (χ1v) is 13.1. The van der Waals surface area contributed by atoms with Gasteiger partial charge in [0, 0.05) is 42.9 Å². The highest BCUT2D eigenvalue weighted by Crippen LogP contribution is 2.32. The van der Waals surface area contributed by atoms with Crippen LogP contribution < -0.4 is 19.7 Å². The van der Waals surface area contributed by atoms with Crippen molar-refractivity contribution in [1.82, 2.24) is 10.4 Å². The molecule has 0 bridgehead atoms. The van der Waals surface area contributed by atoms with Crippen molar-refractivity contribution in [2.24, 2.45) is 11.8 Å². The maximum atomic E-state index is 12.8. The molecule has 202 valence electrons. The second-order valence-electron chi connectivity index (χ2n) is 8.94. The van der Waals surface area contributed by atoms with Crippen molar-refractivity contribution in [1.29, 1.82) is 0 Å². The van der Waals surface area contributed by atoms with E-state index in [4.69, 9.17) is 9.47 Å². The van der Waals surface area contributed by atoms with E-state index in [1.165, 1.54) is 18.9 Å². The zero-order chi connectivity index (χ0) is 27.4. The van der Waals surface area contributed by atoms with Crippen molar-refractivity contribution in [3.63, 3.8) is 0 Å². The molecule has 0 spiro atoms. The van der Waals surface area contributed by atoms with Crippen molar-refractivity contribution in [3.8, 4) is 11.5 Å². The molecule has 0 aliphatic heterocycles. The SMILES string of the molecule is COc1ccc(SCN(O)C(=O)C[C@@H](CC(C)C)C(=O)NCCC(=O)N(C)c2ccccc2)cc1OC. The molecule has 0 radical (unpaired) electrons. The van der Waals surface area contributed by atoms with Crippen LogP contribution in [0, 0.1) is 11.8 Å².